The summed E-state index contributed by atoms with van der Waals surface area (Å²) in [6.07, 6.45) is 0. The first-order valence-corrected chi connectivity index (χ1v) is 6.33. The summed E-state index contributed by atoms with van der Waals surface area (Å²) in [6.45, 7) is 7.91. The molecule has 0 amide bonds. The van der Waals surface area contributed by atoms with Gasteiger partial charge in [0.2, 0.25) is 0 Å². The van der Waals surface area contributed by atoms with E-state index in [2.05, 4.69) is 18.7 Å². The van der Waals surface area contributed by atoms with Crippen LogP contribution in [0.4, 0.5) is 10.1 Å². The van der Waals surface area contributed by atoms with Crippen LogP contribution in [-0.4, -0.2) is 25.3 Å². The summed E-state index contributed by atoms with van der Waals surface area (Å²) in [7, 11) is 0. The summed E-state index contributed by atoms with van der Waals surface area (Å²) in [4.78, 5) is 2.07. The molecule has 1 aromatic rings. The molecular weight excluding hydrogens is 231 g/mol. The zero-order valence-electron chi connectivity index (χ0n) is 11.2. The van der Waals surface area contributed by atoms with Gasteiger partial charge in [-0.2, -0.15) is 0 Å². The zero-order chi connectivity index (χ0) is 13.3. The normalized spacial score (nSPS) is 20.8. The van der Waals surface area contributed by atoms with Gasteiger partial charge in [0, 0.05) is 12.6 Å². The first-order chi connectivity index (χ1) is 8.43. The van der Waals surface area contributed by atoms with Crippen LogP contribution in [0.1, 0.15) is 32.4 Å². The fraction of sp³-hybridized carbons (Fsp3) is 0.571. The van der Waals surface area contributed by atoms with Crippen LogP contribution in [0.25, 0.3) is 0 Å². The van der Waals surface area contributed by atoms with Crippen molar-refractivity contribution in [2.75, 3.05) is 24.7 Å². The molecule has 0 spiro atoms. The number of hydrogen-bond acceptors (Lipinski definition) is 3. The zero-order valence-corrected chi connectivity index (χ0v) is 11.2. The molecule has 0 bridgehead atoms. The quantitative estimate of drug-likeness (QED) is 0.878. The predicted molar refractivity (Wildman–Crippen MR) is 71.2 cm³/mol. The van der Waals surface area contributed by atoms with E-state index in [9.17, 15) is 4.39 Å². The molecule has 2 rings (SSSR count). The second kappa shape index (κ2) is 4.86. The Morgan fingerprint density at radius 1 is 1.44 bits per heavy atom. The van der Waals surface area contributed by atoms with Crippen molar-refractivity contribution in [3.63, 3.8) is 0 Å². The highest BCUT2D eigenvalue weighted by Crippen LogP contribution is 2.34. The van der Waals surface area contributed by atoms with Crippen LogP contribution in [0, 0.1) is 5.82 Å². The van der Waals surface area contributed by atoms with Crippen molar-refractivity contribution in [1.82, 2.24) is 0 Å². The van der Waals surface area contributed by atoms with Crippen LogP contribution in [-0.2, 0) is 4.74 Å². The fourth-order valence-corrected chi connectivity index (χ4v) is 2.46. The topological polar surface area (TPSA) is 38.5 Å². The monoisotopic (exact) mass is 252 g/mol. The molecule has 100 valence electrons. The largest absolute Gasteiger partial charge is 0.377 e. The molecule has 4 heteroatoms. The Balaban J connectivity index is 2.49. The van der Waals surface area contributed by atoms with Crippen LogP contribution >= 0.6 is 0 Å². The van der Waals surface area contributed by atoms with Gasteiger partial charge in [0.15, 0.2) is 0 Å². The van der Waals surface area contributed by atoms with Crippen LogP contribution in [0.5, 0.6) is 0 Å². The van der Waals surface area contributed by atoms with E-state index in [-0.39, 0.29) is 17.4 Å². The molecule has 18 heavy (non-hydrogen) atoms. The molecule has 0 aromatic heterocycles. The molecule has 0 radical (unpaired) electrons. The van der Waals surface area contributed by atoms with Crippen LogP contribution in [0.2, 0.25) is 0 Å². The molecule has 1 aromatic carbocycles. The third-order valence-corrected chi connectivity index (χ3v) is 3.42. The van der Waals surface area contributed by atoms with E-state index < -0.39 is 0 Å². The molecule has 1 saturated heterocycles. The van der Waals surface area contributed by atoms with Gasteiger partial charge in [-0.1, -0.05) is 12.1 Å². The van der Waals surface area contributed by atoms with Crippen LogP contribution in [0.3, 0.4) is 0 Å². The lowest BCUT2D eigenvalue weighted by atomic mass is 9.97. The highest BCUT2D eigenvalue weighted by Gasteiger charge is 2.33. The van der Waals surface area contributed by atoms with E-state index in [4.69, 9.17) is 10.5 Å². The summed E-state index contributed by atoms with van der Waals surface area (Å²) < 4.78 is 19.7. The number of anilines is 1. The molecule has 3 nitrogen and oxygen atoms in total. The highest BCUT2D eigenvalue weighted by atomic mass is 19.1. The van der Waals surface area contributed by atoms with Crippen molar-refractivity contribution in [2.45, 2.75) is 32.4 Å². The third-order valence-electron chi connectivity index (χ3n) is 3.42. The lowest BCUT2D eigenvalue weighted by Gasteiger charge is -2.45. The van der Waals surface area contributed by atoms with E-state index >= 15 is 0 Å². The molecule has 1 aliphatic rings. The Kier molecular flexibility index (Phi) is 3.59. The number of benzene rings is 1. The smallest absolute Gasteiger partial charge is 0.146 e. The van der Waals surface area contributed by atoms with Crippen molar-refractivity contribution >= 4 is 5.69 Å². The first kappa shape index (κ1) is 13.3. The number of halogens is 1. The van der Waals surface area contributed by atoms with Gasteiger partial charge in [0.25, 0.3) is 0 Å². The van der Waals surface area contributed by atoms with Crippen molar-refractivity contribution in [3.05, 3.63) is 29.6 Å². The summed E-state index contributed by atoms with van der Waals surface area (Å²) in [5, 5.41) is 0. The van der Waals surface area contributed by atoms with Crippen LogP contribution < -0.4 is 10.6 Å². The molecule has 1 aliphatic heterocycles. The van der Waals surface area contributed by atoms with Crippen molar-refractivity contribution in [3.8, 4) is 0 Å². The molecule has 2 N–H and O–H groups in total. The standard InChI is InChI=1S/C14H21FN2O/c1-10(16)11-5-4-6-12(15)13(11)17-7-8-18-9-14(17,2)3/h4-6,10H,7-9,16H2,1-3H3/t10-/m1/s1. The summed E-state index contributed by atoms with van der Waals surface area (Å²) in [6, 6.07) is 4.92. The Labute approximate surface area is 108 Å². The lowest BCUT2D eigenvalue weighted by molar-refractivity contribution is 0.0638. The lowest BCUT2D eigenvalue weighted by Crippen LogP contribution is -2.54. The number of rotatable bonds is 2. The van der Waals surface area contributed by atoms with E-state index in [0.29, 0.717) is 25.4 Å². The van der Waals surface area contributed by atoms with Crippen LogP contribution in [0.15, 0.2) is 18.2 Å². The first-order valence-electron chi connectivity index (χ1n) is 6.33. The van der Waals surface area contributed by atoms with Gasteiger partial charge in [-0.3, -0.25) is 0 Å². The minimum Gasteiger partial charge on any atom is -0.377 e. The summed E-state index contributed by atoms with van der Waals surface area (Å²) >= 11 is 0. The second-order valence-electron chi connectivity index (χ2n) is 5.48. The van der Waals surface area contributed by atoms with Gasteiger partial charge in [0.05, 0.1) is 24.4 Å². The predicted octanol–water partition coefficient (Wildman–Crippen LogP) is 2.46. The highest BCUT2D eigenvalue weighted by molar-refractivity contribution is 5.58. The molecule has 1 fully saturated rings. The Morgan fingerprint density at radius 2 is 2.17 bits per heavy atom. The minimum absolute atomic E-state index is 0.186. The Morgan fingerprint density at radius 3 is 2.78 bits per heavy atom. The Hall–Kier alpha value is -1.13. The van der Waals surface area contributed by atoms with Gasteiger partial charge in [0.1, 0.15) is 5.82 Å². The van der Waals surface area contributed by atoms with Crippen molar-refractivity contribution in [1.29, 1.82) is 0 Å². The number of para-hydroxylation sites is 1. The maximum atomic E-state index is 14.2. The molecular formula is C14H21FN2O. The average Bonchev–Trinajstić information content (AvgIpc) is 2.29. The second-order valence-corrected chi connectivity index (χ2v) is 5.48. The van der Waals surface area contributed by atoms with E-state index in [1.54, 1.807) is 6.07 Å². The number of ether oxygens (including phenoxy) is 1. The number of hydrogen-bond donors (Lipinski definition) is 1. The number of nitrogens with zero attached hydrogens (tertiary/aromatic N) is 1. The number of nitrogens with two attached hydrogens (primary N) is 1. The van der Waals surface area contributed by atoms with E-state index in [1.807, 2.05) is 13.0 Å². The SMILES string of the molecule is C[C@@H](N)c1cccc(F)c1N1CCOCC1(C)C. The van der Waals surface area contributed by atoms with Gasteiger partial charge in [-0.25, -0.2) is 4.39 Å². The maximum absolute atomic E-state index is 14.2. The van der Waals surface area contributed by atoms with Gasteiger partial charge >= 0.3 is 0 Å². The molecule has 1 atom stereocenters. The molecule has 0 unspecified atom stereocenters. The third kappa shape index (κ3) is 2.35. The summed E-state index contributed by atoms with van der Waals surface area (Å²) in [5.41, 5.74) is 7.21. The minimum atomic E-state index is -0.218. The Bertz CT molecular complexity index is 432. The van der Waals surface area contributed by atoms with E-state index in [1.165, 1.54) is 6.07 Å². The van der Waals surface area contributed by atoms with Gasteiger partial charge < -0.3 is 15.4 Å². The summed E-state index contributed by atoms with van der Waals surface area (Å²) in [5.74, 6) is -0.209. The molecule has 0 saturated carbocycles. The van der Waals surface area contributed by atoms with Gasteiger partial charge in [-0.15, -0.1) is 0 Å². The average molecular weight is 252 g/mol. The maximum Gasteiger partial charge on any atom is 0.146 e. The molecule has 1 heterocycles. The van der Waals surface area contributed by atoms with Crippen molar-refractivity contribution < 1.29 is 9.13 Å². The van der Waals surface area contributed by atoms with Gasteiger partial charge in [-0.05, 0) is 32.4 Å². The van der Waals surface area contributed by atoms with Crippen molar-refractivity contribution in [2.24, 2.45) is 5.73 Å². The van der Waals surface area contributed by atoms with E-state index in [0.717, 1.165) is 5.56 Å². The number of morpholine rings is 1. The fourth-order valence-electron chi connectivity index (χ4n) is 2.46. The molecule has 0 aliphatic carbocycles.